The van der Waals surface area contributed by atoms with E-state index in [1.54, 1.807) is 0 Å². The molecule has 1 aliphatic rings. The minimum atomic E-state index is -4.31. The lowest BCUT2D eigenvalue weighted by atomic mass is 9.77. The maximum Gasteiger partial charge on any atom is 0.391 e. The van der Waals surface area contributed by atoms with Gasteiger partial charge in [0.25, 0.3) is 5.91 Å². The van der Waals surface area contributed by atoms with E-state index in [1.165, 1.54) is 18.4 Å². The van der Waals surface area contributed by atoms with Gasteiger partial charge in [0.2, 0.25) is 0 Å². The van der Waals surface area contributed by atoms with Crippen LogP contribution in [0.1, 0.15) is 36.2 Å². The van der Waals surface area contributed by atoms with Crippen LogP contribution < -0.4 is 5.32 Å². The number of nitrogens with one attached hydrogen (secondary N) is 1. The summed E-state index contributed by atoms with van der Waals surface area (Å²) >= 11 is 0. The van der Waals surface area contributed by atoms with Crippen molar-refractivity contribution in [3.63, 3.8) is 0 Å². The van der Waals surface area contributed by atoms with Crippen molar-refractivity contribution >= 4 is 5.91 Å². The summed E-state index contributed by atoms with van der Waals surface area (Å²) in [5, 5.41) is 12.6. The molecule has 0 unspecified atom stereocenters. The fourth-order valence-corrected chi connectivity index (χ4v) is 2.52. The molecule has 1 aliphatic carbocycles. The number of aliphatic hydroxyl groups is 1. The molecule has 112 valence electrons. The van der Waals surface area contributed by atoms with Crippen molar-refractivity contribution in [2.45, 2.75) is 37.5 Å². The second-order valence-corrected chi connectivity index (χ2v) is 5.22. The van der Waals surface area contributed by atoms with Gasteiger partial charge in [-0.3, -0.25) is 4.79 Å². The molecule has 0 aliphatic heterocycles. The number of furan rings is 1. The van der Waals surface area contributed by atoms with Gasteiger partial charge >= 0.3 is 6.18 Å². The van der Waals surface area contributed by atoms with Crippen LogP contribution in [0.15, 0.2) is 22.8 Å². The molecule has 0 aromatic carbocycles. The first kappa shape index (κ1) is 14.9. The first-order valence-corrected chi connectivity index (χ1v) is 6.41. The van der Waals surface area contributed by atoms with Crippen LogP contribution in [0.4, 0.5) is 13.2 Å². The molecule has 7 heteroatoms. The minimum Gasteiger partial charge on any atom is -0.459 e. The summed E-state index contributed by atoms with van der Waals surface area (Å²) in [4.78, 5) is 11.6. The molecule has 4 nitrogen and oxygen atoms in total. The van der Waals surface area contributed by atoms with Gasteiger partial charge in [-0.2, -0.15) is 13.2 Å². The molecule has 1 amide bonds. The molecule has 1 fully saturated rings. The monoisotopic (exact) mass is 291 g/mol. The van der Waals surface area contributed by atoms with E-state index in [0.717, 1.165) is 0 Å². The Labute approximate surface area is 114 Å². The van der Waals surface area contributed by atoms with Crippen molar-refractivity contribution in [2.24, 2.45) is 5.92 Å². The van der Waals surface area contributed by atoms with Crippen LogP contribution in [0.5, 0.6) is 0 Å². The number of hydrogen-bond acceptors (Lipinski definition) is 3. The van der Waals surface area contributed by atoms with Gasteiger partial charge in [0.05, 0.1) is 17.8 Å². The minimum absolute atomic E-state index is 0.0257. The Balaban J connectivity index is 1.92. The maximum absolute atomic E-state index is 12.7. The summed E-state index contributed by atoms with van der Waals surface area (Å²) < 4.78 is 42.9. The van der Waals surface area contributed by atoms with Gasteiger partial charge in [-0.05, 0) is 37.8 Å². The molecular formula is C13H16F3NO3. The standard InChI is InChI=1S/C13H16F3NO3/c14-13(15,16)9-3-1-5-12(19,7-9)8-17-11(18)10-4-2-6-20-10/h2,4,6,9,19H,1,3,5,7-8H2,(H,17,18)/t9-,12+/m1/s1. The molecular weight excluding hydrogens is 275 g/mol. The number of carbonyl (C=O) groups excluding carboxylic acids is 1. The molecule has 1 aromatic heterocycles. The van der Waals surface area contributed by atoms with E-state index in [2.05, 4.69) is 5.32 Å². The Kier molecular flexibility index (Phi) is 4.08. The third kappa shape index (κ3) is 3.53. The number of amides is 1. The third-order valence-electron chi connectivity index (χ3n) is 3.61. The molecule has 1 aromatic rings. The zero-order valence-electron chi connectivity index (χ0n) is 10.7. The molecule has 2 N–H and O–H groups in total. The van der Waals surface area contributed by atoms with Gasteiger partial charge in [-0.25, -0.2) is 0 Å². The summed E-state index contributed by atoms with van der Waals surface area (Å²) in [6.07, 6.45) is -2.80. The van der Waals surface area contributed by atoms with E-state index in [9.17, 15) is 23.1 Å². The van der Waals surface area contributed by atoms with E-state index in [0.29, 0.717) is 0 Å². The van der Waals surface area contributed by atoms with Crippen molar-refractivity contribution < 1.29 is 27.5 Å². The van der Waals surface area contributed by atoms with E-state index in [-0.39, 0.29) is 38.0 Å². The van der Waals surface area contributed by atoms with Crippen LogP contribution in [0, 0.1) is 5.92 Å². The van der Waals surface area contributed by atoms with Crippen molar-refractivity contribution in [2.75, 3.05) is 6.54 Å². The van der Waals surface area contributed by atoms with Crippen LogP contribution in [0.25, 0.3) is 0 Å². The predicted molar refractivity (Wildman–Crippen MR) is 64.0 cm³/mol. The number of rotatable bonds is 3. The summed E-state index contributed by atoms with van der Waals surface area (Å²) in [5.74, 6) is -1.99. The van der Waals surface area contributed by atoms with Crippen LogP contribution in [-0.2, 0) is 0 Å². The lowest BCUT2D eigenvalue weighted by Crippen LogP contribution is -2.48. The van der Waals surface area contributed by atoms with Crippen molar-refractivity contribution in [3.05, 3.63) is 24.2 Å². The first-order chi connectivity index (χ1) is 9.30. The van der Waals surface area contributed by atoms with Gasteiger partial charge in [0.15, 0.2) is 5.76 Å². The zero-order valence-corrected chi connectivity index (χ0v) is 10.7. The fourth-order valence-electron chi connectivity index (χ4n) is 2.52. The van der Waals surface area contributed by atoms with E-state index in [1.807, 2.05) is 0 Å². The number of halogens is 3. The smallest absolute Gasteiger partial charge is 0.391 e. The molecule has 0 spiro atoms. The van der Waals surface area contributed by atoms with Crippen LogP contribution >= 0.6 is 0 Å². The molecule has 0 radical (unpaired) electrons. The lowest BCUT2D eigenvalue weighted by Gasteiger charge is -2.37. The highest BCUT2D eigenvalue weighted by Gasteiger charge is 2.47. The summed E-state index contributed by atoms with van der Waals surface area (Å²) in [6.45, 7) is -0.209. The number of hydrogen-bond donors (Lipinski definition) is 2. The highest BCUT2D eigenvalue weighted by atomic mass is 19.4. The zero-order chi connectivity index (χ0) is 14.8. The number of alkyl halides is 3. The quantitative estimate of drug-likeness (QED) is 0.899. The first-order valence-electron chi connectivity index (χ1n) is 6.41. The van der Waals surface area contributed by atoms with Gasteiger partial charge in [0.1, 0.15) is 0 Å². The molecule has 2 rings (SSSR count). The summed E-state index contributed by atoms with van der Waals surface area (Å²) in [5.41, 5.74) is -1.51. The lowest BCUT2D eigenvalue weighted by molar-refractivity contribution is -0.199. The highest BCUT2D eigenvalue weighted by molar-refractivity contribution is 5.91. The fraction of sp³-hybridized carbons (Fsp3) is 0.615. The van der Waals surface area contributed by atoms with Crippen molar-refractivity contribution in [1.82, 2.24) is 5.32 Å². The largest absolute Gasteiger partial charge is 0.459 e. The molecule has 1 saturated carbocycles. The highest BCUT2D eigenvalue weighted by Crippen LogP contribution is 2.41. The summed E-state index contributed by atoms with van der Waals surface area (Å²) in [7, 11) is 0. The van der Waals surface area contributed by atoms with E-state index in [4.69, 9.17) is 4.42 Å². The van der Waals surface area contributed by atoms with Gasteiger partial charge in [0, 0.05) is 6.54 Å². The van der Waals surface area contributed by atoms with Crippen LogP contribution in [0.3, 0.4) is 0 Å². The Morgan fingerprint density at radius 1 is 1.55 bits per heavy atom. The Morgan fingerprint density at radius 2 is 2.30 bits per heavy atom. The van der Waals surface area contributed by atoms with Crippen molar-refractivity contribution in [3.8, 4) is 0 Å². The second kappa shape index (κ2) is 5.47. The average Bonchev–Trinajstić information content (AvgIpc) is 2.89. The normalized spacial score (nSPS) is 27.3. The third-order valence-corrected chi connectivity index (χ3v) is 3.61. The van der Waals surface area contributed by atoms with Crippen molar-refractivity contribution in [1.29, 1.82) is 0 Å². The molecule has 1 heterocycles. The van der Waals surface area contributed by atoms with Gasteiger partial charge < -0.3 is 14.8 Å². The maximum atomic E-state index is 12.7. The second-order valence-electron chi connectivity index (χ2n) is 5.22. The van der Waals surface area contributed by atoms with Crippen LogP contribution in [0.2, 0.25) is 0 Å². The molecule has 0 bridgehead atoms. The molecule has 0 saturated heterocycles. The van der Waals surface area contributed by atoms with E-state index >= 15 is 0 Å². The Bertz CT molecular complexity index is 458. The van der Waals surface area contributed by atoms with Crippen LogP contribution in [-0.4, -0.2) is 29.3 Å². The van der Waals surface area contributed by atoms with Gasteiger partial charge in [-0.15, -0.1) is 0 Å². The summed E-state index contributed by atoms with van der Waals surface area (Å²) in [6, 6.07) is 2.97. The van der Waals surface area contributed by atoms with Gasteiger partial charge in [-0.1, -0.05) is 0 Å². The number of carbonyl (C=O) groups is 1. The topological polar surface area (TPSA) is 62.5 Å². The Morgan fingerprint density at radius 3 is 2.90 bits per heavy atom. The Hall–Kier alpha value is -1.50. The molecule has 2 atom stereocenters. The SMILES string of the molecule is O=C(NC[C@]1(O)CCC[C@@H](C(F)(F)F)C1)c1ccco1. The average molecular weight is 291 g/mol. The molecule has 20 heavy (non-hydrogen) atoms. The predicted octanol–water partition coefficient (Wildman–Crippen LogP) is 2.49. The van der Waals surface area contributed by atoms with E-state index < -0.39 is 23.6 Å².